The number of alkyl halides is 1. The molecule has 3 heterocycles. The van der Waals surface area contributed by atoms with E-state index in [1.54, 1.807) is 11.3 Å². The largest absolute Gasteiger partial charge is 0.316 e. The minimum atomic E-state index is -0.685. The number of likely N-dealkylation sites (N-methyl/N-ethyl adjacent to an activating group) is 1. The highest BCUT2D eigenvalue weighted by Gasteiger charge is 2.33. The molecule has 124 valence electrons. The molecule has 3 atom stereocenters. The number of hydrogen-bond acceptors (Lipinski definition) is 5. The van der Waals surface area contributed by atoms with Gasteiger partial charge >= 0.3 is 0 Å². The molecule has 2 aliphatic heterocycles. The number of halogens is 1. The fourth-order valence-corrected chi connectivity index (χ4v) is 4.41. The predicted octanol–water partition coefficient (Wildman–Crippen LogP) is 1.99. The quantitative estimate of drug-likeness (QED) is 0.866. The van der Waals surface area contributed by atoms with E-state index in [2.05, 4.69) is 27.1 Å². The lowest BCUT2D eigenvalue weighted by atomic mass is 9.99. The normalized spacial score (nSPS) is 30.2. The summed E-state index contributed by atoms with van der Waals surface area (Å²) >= 11 is 1.66. The third-order valence-corrected chi connectivity index (χ3v) is 5.55. The van der Waals surface area contributed by atoms with Crippen LogP contribution in [0.4, 0.5) is 4.39 Å². The molecule has 1 N–H and O–H groups in total. The number of nitrogens with zero attached hydrogens (tertiary/aromatic N) is 3. The van der Waals surface area contributed by atoms with Crippen LogP contribution in [0, 0.1) is 5.92 Å². The van der Waals surface area contributed by atoms with Gasteiger partial charge in [0.15, 0.2) is 0 Å². The van der Waals surface area contributed by atoms with Crippen LogP contribution in [0.5, 0.6) is 0 Å². The molecule has 1 aromatic rings. The van der Waals surface area contributed by atoms with E-state index in [0.29, 0.717) is 19.0 Å². The maximum absolute atomic E-state index is 13.9. The molecular formula is C16H27FN4S. The van der Waals surface area contributed by atoms with Crippen LogP contribution in [0.15, 0.2) is 11.6 Å². The van der Waals surface area contributed by atoms with Crippen LogP contribution in [0.2, 0.25) is 0 Å². The van der Waals surface area contributed by atoms with Crippen molar-refractivity contribution in [3.8, 4) is 0 Å². The molecule has 0 saturated carbocycles. The average molecular weight is 326 g/mol. The first-order valence-corrected chi connectivity index (χ1v) is 9.24. The molecule has 0 aliphatic carbocycles. The summed E-state index contributed by atoms with van der Waals surface area (Å²) in [6.07, 6.45) is 4.41. The minimum absolute atomic E-state index is 0.320. The van der Waals surface area contributed by atoms with Crippen molar-refractivity contribution in [3.63, 3.8) is 0 Å². The molecule has 2 fully saturated rings. The molecule has 22 heavy (non-hydrogen) atoms. The zero-order chi connectivity index (χ0) is 15.4. The van der Waals surface area contributed by atoms with Gasteiger partial charge in [-0.25, -0.2) is 9.37 Å². The lowest BCUT2D eigenvalue weighted by Gasteiger charge is -2.31. The van der Waals surface area contributed by atoms with Gasteiger partial charge in [-0.2, -0.15) is 0 Å². The Hall–Kier alpha value is -0.560. The van der Waals surface area contributed by atoms with E-state index in [4.69, 9.17) is 0 Å². The summed E-state index contributed by atoms with van der Waals surface area (Å²) in [6.45, 7) is 5.72. The maximum atomic E-state index is 13.9. The van der Waals surface area contributed by atoms with Gasteiger partial charge in [0.1, 0.15) is 11.2 Å². The summed E-state index contributed by atoms with van der Waals surface area (Å²) < 4.78 is 13.9. The van der Waals surface area contributed by atoms with E-state index in [1.165, 1.54) is 12.8 Å². The third kappa shape index (κ3) is 4.47. The lowest BCUT2D eigenvalue weighted by molar-refractivity contribution is 0.164. The Morgan fingerprint density at radius 2 is 2.41 bits per heavy atom. The first kappa shape index (κ1) is 16.3. The van der Waals surface area contributed by atoms with Gasteiger partial charge in [-0.05, 0) is 45.3 Å². The van der Waals surface area contributed by atoms with E-state index in [-0.39, 0.29) is 0 Å². The van der Waals surface area contributed by atoms with Crippen LogP contribution >= 0.6 is 11.3 Å². The Bertz CT molecular complexity index is 435. The van der Waals surface area contributed by atoms with Crippen molar-refractivity contribution < 1.29 is 4.39 Å². The Morgan fingerprint density at radius 3 is 3.14 bits per heavy atom. The number of nitrogens with one attached hydrogen (secondary N) is 1. The molecule has 1 aromatic heterocycles. The number of aromatic nitrogens is 1. The standard InChI is InChI=1S/C16H27FN4S/c1-20(9-13-3-2-4-18-8-13)11-15-7-14(17)10-21(15)12-16-19-5-6-22-16/h5-6,13-15,18H,2-4,7-12H2,1H3/t13?,14-,15-/m0/s1. The van der Waals surface area contributed by atoms with Crippen LogP contribution in [-0.4, -0.2) is 66.8 Å². The van der Waals surface area contributed by atoms with Crippen LogP contribution in [0.3, 0.4) is 0 Å². The van der Waals surface area contributed by atoms with Crippen molar-refractivity contribution in [2.45, 2.75) is 38.0 Å². The van der Waals surface area contributed by atoms with Crippen molar-refractivity contribution in [1.29, 1.82) is 0 Å². The number of piperidine rings is 1. The monoisotopic (exact) mass is 326 g/mol. The fourth-order valence-electron chi connectivity index (χ4n) is 3.77. The van der Waals surface area contributed by atoms with Crippen molar-refractivity contribution in [1.82, 2.24) is 20.1 Å². The Morgan fingerprint density at radius 1 is 1.50 bits per heavy atom. The molecule has 0 radical (unpaired) electrons. The minimum Gasteiger partial charge on any atom is -0.316 e. The summed E-state index contributed by atoms with van der Waals surface area (Å²) in [5.74, 6) is 0.744. The van der Waals surface area contributed by atoms with Crippen molar-refractivity contribution in [2.75, 3.05) is 39.8 Å². The number of thiazole rings is 1. The molecule has 0 bridgehead atoms. The van der Waals surface area contributed by atoms with Gasteiger partial charge in [0.25, 0.3) is 0 Å². The van der Waals surface area contributed by atoms with Gasteiger partial charge in [0.2, 0.25) is 0 Å². The van der Waals surface area contributed by atoms with Crippen molar-refractivity contribution in [3.05, 3.63) is 16.6 Å². The molecule has 2 saturated heterocycles. The summed E-state index contributed by atoms with van der Waals surface area (Å²) in [7, 11) is 2.18. The molecule has 1 unspecified atom stereocenters. The molecule has 6 heteroatoms. The summed E-state index contributed by atoms with van der Waals surface area (Å²) in [5.41, 5.74) is 0. The number of rotatable bonds is 6. The smallest absolute Gasteiger partial charge is 0.114 e. The van der Waals surface area contributed by atoms with Crippen LogP contribution in [0.25, 0.3) is 0 Å². The Balaban J connectivity index is 1.50. The van der Waals surface area contributed by atoms with Gasteiger partial charge in [-0.1, -0.05) is 0 Å². The Labute approximate surface area is 136 Å². The van der Waals surface area contributed by atoms with Crippen LogP contribution in [-0.2, 0) is 6.54 Å². The van der Waals surface area contributed by atoms with Gasteiger partial charge in [-0.3, -0.25) is 4.90 Å². The molecular weight excluding hydrogens is 299 g/mol. The fraction of sp³-hybridized carbons (Fsp3) is 0.812. The maximum Gasteiger partial charge on any atom is 0.114 e. The van der Waals surface area contributed by atoms with Crippen LogP contribution in [0.1, 0.15) is 24.3 Å². The first-order valence-electron chi connectivity index (χ1n) is 8.36. The average Bonchev–Trinajstić information content (AvgIpc) is 3.11. The zero-order valence-electron chi connectivity index (χ0n) is 13.4. The third-order valence-electron chi connectivity index (χ3n) is 4.79. The van der Waals surface area contributed by atoms with E-state index in [1.807, 2.05) is 11.6 Å². The highest BCUT2D eigenvalue weighted by molar-refractivity contribution is 7.09. The van der Waals surface area contributed by atoms with E-state index in [9.17, 15) is 4.39 Å². The van der Waals surface area contributed by atoms with Gasteiger partial charge < -0.3 is 10.2 Å². The van der Waals surface area contributed by atoms with Gasteiger partial charge in [0.05, 0.1) is 6.54 Å². The molecule has 0 aromatic carbocycles. The van der Waals surface area contributed by atoms with Gasteiger partial charge in [0, 0.05) is 37.3 Å². The zero-order valence-corrected chi connectivity index (χ0v) is 14.2. The van der Waals surface area contributed by atoms with Crippen LogP contribution < -0.4 is 5.32 Å². The molecule has 2 aliphatic rings. The topological polar surface area (TPSA) is 31.4 Å². The summed E-state index contributed by atoms with van der Waals surface area (Å²) in [4.78, 5) is 9.02. The highest BCUT2D eigenvalue weighted by atomic mass is 32.1. The molecule has 0 amide bonds. The van der Waals surface area contributed by atoms with E-state index < -0.39 is 6.17 Å². The molecule has 4 nitrogen and oxygen atoms in total. The number of likely N-dealkylation sites (tertiary alicyclic amines) is 1. The van der Waals surface area contributed by atoms with Crippen molar-refractivity contribution in [2.24, 2.45) is 5.92 Å². The summed E-state index contributed by atoms with van der Waals surface area (Å²) in [5, 5.41) is 6.57. The second kappa shape index (κ2) is 7.81. The SMILES string of the molecule is CN(CC1CCCNC1)C[C@@H]1C[C@H](F)CN1Cc1nccs1. The van der Waals surface area contributed by atoms with E-state index in [0.717, 1.165) is 43.6 Å². The second-order valence-corrected chi connectivity index (χ2v) is 7.75. The highest BCUT2D eigenvalue weighted by Crippen LogP contribution is 2.24. The lowest BCUT2D eigenvalue weighted by Crippen LogP contribution is -2.42. The predicted molar refractivity (Wildman–Crippen MR) is 88.9 cm³/mol. The van der Waals surface area contributed by atoms with Crippen molar-refractivity contribution >= 4 is 11.3 Å². The Kier molecular flexibility index (Phi) is 5.79. The molecule has 3 rings (SSSR count). The first-order chi connectivity index (χ1) is 10.7. The second-order valence-electron chi connectivity index (χ2n) is 6.78. The summed E-state index contributed by atoms with van der Waals surface area (Å²) in [6, 6.07) is 0.320. The van der Waals surface area contributed by atoms with Gasteiger partial charge in [-0.15, -0.1) is 11.3 Å². The molecule has 0 spiro atoms. The van der Waals surface area contributed by atoms with E-state index >= 15 is 0 Å². The number of hydrogen-bond donors (Lipinski definition) is 1.